The van der Waals surface area contributed by atoms with Crippen molar-refractivity contribution in [1.82, 2.24) is 9.80 Å². The summed E-state index contributed by atoms with van der Waals surface area (Å²) >= 11 is 0. The van der Waals surface area contributed by atoms with Gasteiger partial charge in [0.05, 0.1) is 6.04 Å². The number of carbonyl (C=O) groups is 1. The minimum atomic E-state index is 0.256. The SMILES string of the molecule is CC1CN(C2CCCC2=O)CCN1C. The van der Waals surface area contributed by atoms with Crippen LogP contribution in [-0.2, 0) is 4.79 Å². The van der Waals surface area contributed by atoms with Crippen LogP contribution in [0.15, 0.2) is 0 Å². The molecule has 1 saturated carbocycles. The van der Waals surface area contributed by atoms with E-state index in [0.29, 0.717) is 11.8 Å². The van der Waals surface area contributed by atoms with E-state index in [2.05, 4.69) is 23.8 Å². The highest BCUT2D eigenvalue weighted by Gasteiger charge is 2.33. The molecule has 2 unspecified atom stereocenters. The van der Waals surface area contributed by atoms with Crippen LogP contribution in [0.4, 0.5) is 0 Å². The lowest BCUT2D eigenvalue weighted by Crippen LogP contribution is -2.54. The fourth-order valence-electron chi connectivity index (χ4n) is 2.54. The van der Waals surface area contributed by atoms with Crippen molar-refractivity contribution >= 4 is 5.78 Å². The number of nitrogens with zero attached hydrogens (tertiary/aromatic N) is 2. The maximum absolute atomic E-state index is 11.6. The van der Waals surface area contributed by atoms with Gasteiger partial charge in [-0.1, -0.05) is 0 Å². The van der Waals surface area contributed by atoms with E-state index in [0.717, 1.165) is 38.9 Å². The Bertz CT molecular complexity index is 229. The van der Waals surface area contributed by atoms with Gasteiger partial charge in [-0.15, -0.1) is 0 Å². The van der Waals surface area contributed by atoms with E-state index in [4.69, 9.17) is 0 Å². The number of Topliss-reactive ketones (excluding diaryl/α,β-unsaturated/α-hetero) is 1. The summed E-state index contributed by atoms with van der Waals surface area (Å²) in [6.45, 7) is 5.47. The molecule has 2 fully saturated rings. The summed E-state index contributed by atoms with van der Waals surface area (Å²) in [5, 5.41) is 0. The summed E-state index contributed by atoms with van der Waals surface area (Å²) < 4.78 is 0. The second-order valence-corrected chi connectivity index (χ2v) is 4.70. The molecule has 2 rings (SSSR count). The zero-order chi connectivity index (χ0) is 10.1. The molecule has 2 atom stereocenters. The quantitative estimate of drug-likeness (QED) is 0.618. The van der Waals surface area contributed by atoms with E-state index in [9.17, 15) is 4.79 Å². The van der Waals surface area contributed by atoms with E-state index in [1.54, 1.807) is 0 Å². The molecule has 0 spiro atoms. The molecule has 3 nitrogen and oxygen atoms in total. The Morgan fingerprint density at radius 1 is 1.36 bits per heavy atom. The molecule has 0 aromatic heterocycles. The molecular formula is C11H20N2O. The molecule has 0 aromatic rings. The first-order valence-corrected chi connectivity index (χ1v) is 5.65. The second kappa shape index (κ2) is 3.99. The Balaban J connectivity index is 1.95. The summed E-state index contributed by atoms with van der Waals surface area (Å²) in [6.07, 6.45) is 3.00. The van der Waals surface area contributed by atoms with Crippen molar-refractivity contribution in [3.05, 3.63) is 0 Å². The molecule has 80 valence electrons. The first kappa shape index (κ1) is 10.1. The lowest BCUT2D eigenvalue weighted by atomic mass is 10.1. The third-order valence-electron chi connectivity index (χ3n) is 3.70. The first-order chi connectivity index (χ1) is 6.68. The molecule has 1 saturated heterocycles. The molecule has 0 radical (unpaired) electrons. The van der Waals surface area contributed by atoms with Crippen molar-refractivity contribution < 1.29 is 4.79 Å². The van der Waals surface area contributed by atoms with Gasteiger partial charge in [-0.25, -0.2) is 0 Å². The van der Waals surface area contributed by atoms with Crippen LogP contribution in [0.5, 0.6) is 0 Å². The van der Waals surface area contributed by atoms with Crippen LogP contribution in [-0.4, -0.2) is 54.3 Å². The first-order valence-electron chi connectivity index (χ1n) is 5.65. The van der Waals surface area contributed by atoms with Crippen molar-refractivity contribution in [3.8, 4) is 0 Å². The largest absolute Gasteiger partial charge is 0.301 e. The summed E-state index contributed by atoms with van der Waals surface area (Å²) in [4.78, 5) is 16.4. The number of hydrogen-bond donors (Lipinski definition) is 0. The highest BCUT2D eigenvalue weighted by molar-refractivity contribution is 5.85. The van der Waals surface area contributed by atoms with Gasteiger partial charge in [-0.05, 0) is 26.8 Å². The predicted molar refractivity (Wildman–Crippen MR) is 56.3 cm³/mol. The molecule has 0 N–H and O–H groups in total. The van der Waals surface area contributed by atoms with E-state index >= 15 is 0 Å². The van der Waals surface area contributed by atoms with Crippen molar-refractivity contribution in [2.24, 2.45) is 0 Å². The molecule has 1 aliphatic carbocycles. The fraction of sp³-hybridized carbons (Fsp3) is 0.909. The van der Waals surface area contributed by atoms with E-state index in [-0.39, 0.29) is 6.04 Å². The van der Waals surface area contributed by atoms with Crippen LogP contribution in [0, 0.1) is 0 Å². The molecule has 0 aromatic carbocycles. The standard InChI is InChI=1S/C11H20N2O/c1-9-8-13(7-6-12(9)2)10-4-3-5-11(10)14/h9-10H,3-8H2,1-2H3. The van der Waals surface area contributed by atoms with Gasteiger partial charge in [0.25, 0.3) is 0 Å². The number of piperazine rings is 1. The van der Waals surface area contributed by atoms with Gasteiger partial charge in [0.2, 0.25) is 0 Å². The Labute approximate surface area is 86.1 Å². The number of rotatable bonds is 1. The zero-order valence-electron chi connectivity index (χ0n) is 9.20. The minimum Gasteiger partial charge on any atom is -0.301 e. The number of likely N-dealkylation sites (N-methyl/N-ethyl adjacent to an activating group) is 1. The molecule has 3 heteroatoms. The molecular weight excluding hydrogens is 176 g/mol. The molecule has 0 bridgehead atoms. The lowest BCUT2D eigenvalue weighted by molar-refractivity contribution is -0.122. The van der Waals surface area contributed by atoms with Gasteiger partial charge in [0.15, 0.2) is 0 Å². The third kappa shape index (κ3) is 1.84. The zero-order valence-corrected chi connectivity index (χ0v) is 9.20. The fourth-order valence-corrected chi connectivity index (χ4v) is 2.54. The van der Waals surface area contributed by atoms with Gasteiger partial charge >= 0.3 is 0 Å². The Hall–Kier alpha value is -0.410. The molecule has 14 heavy (non-hydrogen) atoms. The normalized spacial score (nSPS) is 36.6. The molecule has 0 amide bonds. The van der Waals surface area contributed by atoms with Crippen LogP contribution in [0.2, 0.25) is 0 Å². The van der Waals surface area contributed by atoms with Crippen LogP contribution < -0.4 is 0 Å². The van der Waals surface area contributed by atoms with Gasteiger partial charge in [0, 0.05) is 32.1 Å². The topological polar surface area (TPSA) is 23.6 Å². The third-order valence-corrected chi connectivity index (χ3v) is 3.70. The number of carbonyl (C=O) groups excluding carboxylic acids is 1. The maximum atomic E-state index is 11.6. The molecule has 2 aliphatic rings. The lowest BCUT2D eigenvalue weighted by Gasteiger charge is -2.40. The van der Waals surface area contributed by atoms with Gasteiger partial charge in [-0.3, -0.25) is 9.69 Å². The van der Waals surface area contributed by atoms with Crippen molar-refractivity contribution in [2.45, 2.75) is 38.3 Å². The van der Waals surface area contributed by atoms with Crippen molar-refractivity contribution in [2.75, 3.05) is 26.7 Å². The van der Waals surface area contributed by atoms with Crippen LogP contribution in [0.25, 0.3) is 0 Å². The Kier molecular flexibility index (Phi) is 2.88. The van der Waals surface area contributed by atoms with E-state index in [1.807, 2.05) is 0 Å². The summed E-state index contributed by atoms with van der Waals surface area (Å²) in [5.41, 5.74) is 0. The monoisotopic (exact) mass is 196 g/mol. The van der Waals surface area contributed by atoms with Gasteiger partial charge in [0.1, 0.15) is 5.78 Å². The maximum Gasteiger partial charge on any atom is 0.149 e. The Morgan fingerprint density at radius 2 is 2.14 bits per heavy atom. The number of ketones is 1. The minimum absolute atomic E-state index is 0.256. The van der Waals surface area contributed by atoms with Crippen LogP contribution >= 0.6 is 0 Å². The average molecular weight is 196 g/mol. The van der Waals surface area contributed by atoms with Crippen molar-refractivity contribution in [3.63, 3.8) is 0 Å². The van der Waals surface area contributed by atoms with E-state index in [1.165, 1.54) is 0 Å². The smallest absolute Gasteiger partial charge is 0.149 e. The van der Waals surface area contributed by atoms with Gasteiger partial charge in [-0.2, -0.15) is 0 Å². The van der Waals surface area contributed by atoms with Gasteiger partial charge < -0.3 is 4.90 Å². The summed E-state index contributed by atoms with van der Waals surface area (Å²) in [7, 11) is 2.17. The van der Waals surface area contributed by atoms with E-state index < -0.39 is 0 Å². The second-order valence-electron chi connectivity index (χ2n) is 4.70. The highest BCUT2D eigenvalue weighted by atomic mass is 16.1. The highest BCUT2D eigenvalue weighted by Crippen LogP contribution is 2.22. The Morgan fingerprint density at radius 3 is 2.71 bits per heavy atom. The molecule has 1 heterocycles. The summed E-state index contributed by atoms with van der Waals surface area (Å²) in [5.74, 6) is 0.474. The van der Waals surface area contributed by atoms with Crippen LogP contribution in [0.1, 0.15) is 26.2 Å². The van der Waals surface area contributed by atoms with Crippen molar-refractivity contribution in [1.29, 1.82) is 0 Å². The van der Waals surface area contributed by atoms with Crippen LogP contribution in [0.3, 0.4) is 0 Å². The number of hydrogen-bond acceptors (Lipinski definition) is 3. The average Bonchev–Trinajstić information content (AvgIpc) is 2.57. The summed E-state index contributed by atoms with van der Waals surface area (Å²) in [6, 6.07) is 0.850. The molecule has 1 aliphatic heterocycles. The predicted octanol–water partition coefficient (Wildman–Crippen LogP) is 0.744.